The Morgan fingerprint density at radius 3 is 2.84 bits per heavy atom. The fourth-order valence-electron chi connectivity index (χ4n) is 2.24. The Balaban J connectivity index is 2.10. The van der Waals surface area contributed by atoms with Crippen molar-refractivity contribution >= 4 is 23.3 Å². The molecule has 1 aliphatic heterocycles. The van der Waals surface area contributed by atoms with Gasteiger partial charge in [0, 0.05) is 22.4 Å². The van der Waals surface area contributed by atoms with Gasteiger partial charge in [0.2, 0.25) is 0 Å². The van der Waals surface area contributed by atoms with Crippen molar-refractivity contribution in [2.45, 2.75) is 19.3 Å². The van der Waals surface area contributed by atoms with Gasteiger partial charge in [-0.15, -0.1) is 0 Å². The minimum absolute atomic E-state index is 0.154. The Morgan fingerprint density at radius 1 is 1.37 bits per heavy atom. The minimum Gasteiger partial charge on any atom is -0.302 e. The zero-order valence-corrected chi connectivity index (χ0v) is 11.6. The summed E-state index contributed by atoms with van der Waals surface area (Å²) >= 11 is 1.64. The van der Waals surface area contributed by atoms with Crippen LogP contribution in [0.5, 0.6) is 0 Å². The molecule has 0 aliphatic carbocycles. The van der Waals surface area contributed by atoms with Crippen molar-refractivity contribution in [1.82, 2.24) is 15.2 Å². The third kappa shape index (κ3) is 2.02. The quantitative estimate of drug-likeness (QED) is 0.878. The highest BCUT2D eigenvalue weighted by atomic mass is 32.2. The summed E-state index contributed by atoms with van der Waals surface area (Å²) in [6.45, 7) is 4.09. The van der Waals surface area contributed by atoms with Gasteiger partial charge in [-0.05, 0) is 26.0 Å². The summed E-state index contributed by atoms with van der Waals surface area (Å²) in [5.41, 5.74) is 9.26. The average molecular weight is 273 g/mol. The van der Waals surface area contributed by atoms with Crippen molar-refractivity contribution in [1.29, 1.82) is 0 Å². The van der Waals surface area contributed by atoms with Crippen molar-refractivity contribution in [2.75, 3.05) is 4.90 Å². The number of allylic oxidation sites excluding steroid dienone is 1. The summed E-state index contributed by atoms with van der Waals surface area (Å²) < 4.78 is 0. The van der Waals surface area contributed by atoms with E-state index in [0.717, 1.165) is 22.8 Å². The Kier molecular flexibility index (Phi) is 3.04. The predicted molar refractivity (Wildman–Crippen MR) is 78.2 cm³/mol. The molecule has 0 amide bonds. The molecule has 98 valence electrons. The number of aromatic nitrogens is 3. The molecule has 1 atom stereocenters. The fraction of sp³-hybridized carbons (Fsp3) is 0.231. The summed E-state index contributed by atoms with van der Waals surface area (Å²) in [5, 5.41) is 7.07. The van der Waals surface area contributed by atoms with Crippen molar-refractivity contribution in [2.24, 2.45) is 5.73 Å². The Hall–Kier alpha value is -1.79. The maximum Gasteiger partial charge on any atom is 0.135 e. The van der Waals surface area contributed by atoms with Gasteiger partial charge < -0.3 is 5.73 Å². The molecular formula is C13H15N5S. The van der Waals surface area contributed by atoms with Crippen molar-refractivity contribution in [3.8, 4) is 0 Å². The number of rotatable bonds is 2. The molecule has 1 unspecified atom stereocenters. The summed E-state index contributed by atoms with van der Waals surface area (Å²) in [4.78, 5) is 7.64. The third-order valence-electron chi connectivity index (χ3n) is 3.11. The Labute approximate surface area is 115 Å². The molecule has 0 fully saturated rings. The molecule has 0 saturated heterocycles. The van der Waals surface area contributed by atoms with E-state index in [-0.39, 0.29) is 5.50 Å². The fourth-order valence-corrected chi connectivity index (χ4v) is 3.24. The highest BCUT2D eigenvalue weighted by molar-refractivity contribution is 8.04. The molecule has 19 heavy (non-hydrogen) atoms. The van der Waals surface area contributed by atoms with Gasteiger partial charge >= 0.3 is 0 Å². The van der Waals surface area contributed by atoms with Crippen molar-refractivity contribution in [3.63, 3.8) is 0 Å². The number of aromatic amines is 1. The lowest BCUT2D eigenvalue weighted by Gasteiger charge is -2.25. The maximum atomic E-state index is 6.22. The second-order valence-corrected chi connectivity index (χ2v) is 5.71. The number of pyridine rings is 1. The number of H-pyrrole nitrogens is 1. The van der Waals surface area contributed by atoms with Crippen LogP contribution >= 0.6 is 11.8 Å². The molecule has 3 N–H and O–H groups in total. The molecule has 3 rings (SSSR count). The SMILES string of the molecule is CC1=C(c2cn[nH]c2C)N(c2ccccn2)C(N)S1. The van der Waals surface area contributed by atoms with Crippen LogP contribution in [0.1, 0.15) is 18.2 Å². The molecule has 2 aromatic heterocycles. The smallest absolute Gasteiger partial charge is 0.135 e. The molecule has 0 aromatic carbocycles. The summed E-state index contributed by atoms with van der Waals surface area (Å²) in [6, 6.07) is 5.83. The monoisotopic (exact) mass is 273 g/mol. The zero-order chi connectivity index (χ0) is 13.4. The van der Waals surface area contributed by atoms with E-state index >= 15 is 0 Å². The van der Waals surface area contributed by atoms with Crippen LogP contribution in [-0.4, -0.2) is 20.7 Å². The first-order chi connectivity index (χ1) is 9.18. The van der Waals surface area contributed by atoms with Gasteiger partial charge in [0.05, 0.1) is 11.9 Å². The van der Waals surface area contributed by atoms with Crippen LogP contribution < -0.4 is 10.6 Å². The lowest BCUT2D eigenvalue weighted by Crippen LogP contribution is -2.35. The van der Waals surface area contributed by atoms with E-state index in [2.05, 4.69) is 27.0 Å². The molecule has 3 heterocycles. The Bertz CT molecular complexity index is 619. The van der Waals surface area contributed by atoms with Crippen LogP contribution in [0.4, 0.5) is 5.82 Å². The molecule has 0 spiro atoms. The first-order valence-corrected chi connectivity index (χ1v) is 6.90. The van der Waals surface area contributed by atoms with Gasteiger partial charge in [-0.25, -0.2) is 4.98 Å². The highest BCUT2D eigenvalue weighted by Crippen LogP contribution is 2.43. The number of hydrogen-bond donors (Lipinski definition) is 2. The van der Waals surface area contributed by atoms with Crippen LogP contribution in [0.15, 0.2) is 35.5 Å². The standard InChI is InChI=1S/C13H15N5S/c1-8-10(7-16-17-8)12-9(2)19-13(14)18(12)11-5-3-4-6-15-11/h3-7,13H,14H2,1-2H3,(H,16,17). The predicted octanol–water partition coefficient (Wildman–Crippen LogP) is 2.30. The molecule has 2 aromatic rings. The first kappa shape index (κ1) is 12.3. The van der Waals surface area contributed by atoms with Crippen LogP contribution in [0.25, 0.3) is 5.70 Å². The topological polar surface area (TPSA) is 70.8 Å². The molecular weight excluding hydrogens is 258 g/mol. The van der Waals surface area contributed by atoms with Crippen LogP contribution in [-0.2, 0) is 0 Å². The zero-order valence-electron chi connectivity index (χ0n) is 10.8. The van der Waals surface area contributed by atoms with Gasteiger partial charge in [-0.2, -0.15) is 5.10 Å². The van der Waals surface area contributed by atoms with Gasteiger partial charge in [-0.3, -0.25) is 10.00 Å². The van der Waals surface area contributed by atoms with Crippen LogP contribution in [0, 0.1) is 6.92 Å². The number of nitrogens with one attached hydrogen (secondary N) is 1. The van der Waals surface area contributed by atoms with E-state index < -0.39 is 0 Å². The second-order valence-electron chi connectivity index (χ2n) is 4.38. The summed E-state index contributed by atoms with van der Waals surface area (Å²) in [5.74, 6) is 0.856. The van der Waals surface area contributed by atoms with Gasteiger partial charge in [0.1, 0.15) is 11.3 Å². The number of hydrogen-bond acceptors (Lipinski definition) is 5. The first-order valence-electron chi connectivity index (χ1n) is 6.02. The van der Waals surface area contributed by atoms with Gasteiger partial charge in [0.25, 0.3) is 0 Å². The normalized spacial score (nSPS) is 19.3. The van der Waals surface area contributed by atoms with E-state index in [1.807, 2.05) is 31.3 Å². The molecule has 0 radical (unpaired) electrons. The van der Waals surface area contributed by atoms with Gasteiger partial charge in [0.15, 0.2) is 0 Å². The number of nitrogens with two attached hydrogens (primary N) is 1. The average Bonchev–Trinajstić information content (AvgIpc) is 2.93. The van der Waals surface area contributed by atoms with Gasteiger partial charge in [-0.1, -0.05) is 17.8 Å². The van der Waals surface area contributed by atoms with E-state index in [4.69, 9.17) is 5.73 Å². The Morgan fingerprint density at radius 2 is 2.21 bits per heavy atom. The molecule has 1 aliphatic rings. The molecule has 0 bridgehead atoms. The number of thioether (sulfide) groups is 1. The van der Waals surface area contributed by atoms with Crippen molar-refractivity contribution < 1.29 is 0 Å². The molecule has 6 heteroatoms. The van der Waals surface area contributed by atoms with Crippen LogP contribution in [0.2, 0.25) is 0 Å². The number of nitrogens with zero attached hydrogens (tertiary/aromatic N) is 3. The highest BCUT2D eigenvalue weighted by Gasteiger charge is 2.32. The van der Waals surface area contributed by atoms with E-state index in [1.54, 1.807) is 18.0 Å². The van der Waals surface area contributed by atoms with E-state index in [1.165, 1.54) is 4.91 Å². The minimum atomic E-state index is -0.154. The lowest BCUT2D eigenvalue weighted by molar-refractivity contribution is 0.915. The number of aryl methyl sites for hydroxylation is 1. The third-order valence-corrected chi connectivity index (χ3v) is 4.11. The van der Waals surface area contributed by atoms with E-state index in [9.17, 15) is 0 Å². The molecule has 0 saturated carbocycles. The second kappa shape index (κ2) is 4.71. The van der Waals surface area contributed by atoms with E-state index in [0.29, 0.717) is 0 Å². The summed E-state index contributed by atoms with van der Waals surface area (Å²) in [6.07, 6.45) is 3.61. The lowest BCUT2D eigenvalue weighted by atomic mass is 10.1. The molecule has 5 nitrogen and oxygen atoms in total. The van der Waals surface area contributed by atoms with Crippen molar-refractivity contribution in [3.05, 3.63) is 46.8 Å². The largest absolute Gasteiger partial charge is 0.302 e. The maximum absolute atomic E-state index is 6.22. The summed E-state index contributed by atoms with van der Waals surface area (Å²) in [7, 11) is 0. The van der Waals surface area contributed by atoms with Crippen LogP contribution in [0.3, 0.4) is 0 Å². The number of anilines is 1.